The van der Waals surface area contributed by atoms with E-state index in [1.165, 1.54) is 7.11 Å². The number of benzene rings is 1. The van der Waals surface area contributed by atoms with Crippen molar-refractivity contribution in [2.75, 3.05) is 13.7 Å². The van der Waals surface area contributed by atoms with Gasteiger partial charge in [-0.25, -0.2) is 0 Å². The predicted octanol–water partition coefficient (Wildman–Crippen LogP) is 2.17. The number of rotatable bonds is 7. The van der Waals surface area contributed by atoms with Crippen molar-refractivity contribution in [3.8, 4) is 11.5 Å². The summed E-state index contributed by atoms with van der Waals surface area (Å²) < 4.78 is 5.65. The number of amides is 1. The van der Waals surface area contributed by atoms with Crippen LogP contribution in [0.4, 0.5) is 0 Å². The third-order valence-corrected chi connectivity index (χ3v) is 3.47. The molecule has 20 heavy (non-hydrogen) atoms. The SMILES string of the molecule is CCCNC(=O)C(C)NCc1cc(Br)c(O)c(OC)c1. The molecule has 0 bridgehead atoms. The average molecular weight is 345 g/mol. The van der Waals surface area contributed by atoms with E-state index in [0.717, 1.165) is 12.0 Å². The van der Waals surface area contributed by atoms with Crippen LogP contribution in [0.3, 0.4) is 0 Å². The summed E-state index contributed by atoms with van der Waals surface area (Å²) in [6, 6.07) is 3.26. The lowest BCUT2D eigenvalue weighted by molar-refractivity contribution is -0.122. The summed E-state index contributed by atoms with van der Waals surface area (Å²) in [5.74, 6) is 0.459. The molecular weight excluding hydrogens is 324 g/mol. The molecule has 1 unspecified atom stereocenters. The first kappa shape index (κ1) is 16.8. The minimum absolute atomic E-state index is 0.0170. The number of phenols is 1. The fourth-order valence-electron chi connectivity index (χ4n) is 1.65. The van der Waals surface area contributed by atoms with Crippen molar-refractivity contribution < 1.29 is 14.6 Å². The Kier molecular flexibility index (Phi) is 6.81. The third kappa shape index (κ3) is 4.68. The number of phenolic OH excluding ortho intramolecular Hbond substituents is 1. The Labute approximate surface area is 127 Å². The van der Waals surface area contributed by atoms with Gasteiger partial charge in [-0.05, 0) is 47.0 Å². The number of carbonyl (C=O) groups is 1. The molecule has 0 spiro atoms. The smallest absolute Gasteiger partial charge is 0.236 e. The van der Waals surface area contributed by atoms with Crippen molar-refractivity contribution in [3.05, 3.63) is 22.2 Å². The molecule has 0 saturated heterocycles. The van der Waals surface area contributed by atoms with Crippen molar-refractivity contribution in [1.29, 1.82) is 0 Å². The van der Waals surface area contributed by atoms with Crippen LogP contribution in [0.15, 0.2) is 16.6 Å². The van der Waals surface area contributed by atoms with Crippen molar-refractivity contribution in [1.82, 2.24) is 10.6 Å². The van der Waals surface area contributed by atoms with Crippen LogP contribution in [0.2, 0.25) is 0 Å². The zero-order valence-electron chi connectivity index (χ0n) is 12.0. The second kappa shape index (κ2) is 8.11. The molecule has 0 aliphatic rings. The lowest BCUT2D eigenvalue weighted by Gasteiger charge is -2.15. The van der Waals surface area contributed by atoms with Crippen LogP contribution >= 0.6 is 15.9 Å². The number of aromatic hydroxyl groups is 1. The average Bonchev–Trinajstić information content (AvgIpc) is 2.45. The number of carbonyl (C=O) groups excluding carboxylic acids is 1. The highest BCUT2D eigenvalue weighted by atomic mass is 79.9. The number of nitrogens with one attached hydrogen (secondary N) is 2. The van der Waals surface area contributed by atoms with Crippen molar-refractivity contribution in [2.45, 2.75) is 32.9 Å². The summed E-state index contributed by atoms with van der Waals surface area (Å²) in [6.45, 7) is 5.02. The number of hydrogen-bond donors (Lipinski definition) is 3. The van der Waals surface area contributed by atoms with Crippen LogP contribution in [-0.2, 0) is 11.3 Å². The van der Waals surface area contributed by atoms with Gasteiger partial charge in [0.1, 0.15) is 0 Å². The van der Waals surface area contributed by atoms with Crippen LogP contribution in [0.25, 0.3) is 0 Å². The summed E-state index contributed by atoms with van der Waals surface area (Å²) in [4.78, 5) is 11.7. The molecule has 0 aliphatic carbocycles. The third-order valence-electron chi connectivity index (χ3n) is 2.86. The van der Waals surface area contributed by atoms with Crippen LogP contribution in [-0.4, -0.2) is 30.7 Å². The molecule has 1 atom stereocenters. The highest BCUT2D eigenvalue weighted by Gasteiger charge is 2.13. The van der Waals surface area contributed by atoms with Crippen LogP contribution in [0, 0.1) is 0 Å². The molecule has 1 rings (SSSR count). The quantitative estimate of drug-likeness (QED) is 0.708. The van der Waals surface area contributed by atoms with E-state index in [-0.39, 0.29) is 17.7 Å². The number of methoxy groups -OCH3 is 1. The molecule has 3 N–H and O–H groups in total. The minimum Gasteiger partial charge on any atom is -0.503 e. The molecular formula is C14H21BrN2O3. The summed E-state index contributed by atoms with van der Waals surface area (Å²) in [5.41, 5.74) is 0.918. The maximum absolute atomic E-state index is 11.7. The number of ether oxygens (including phenoxy) is 1. The first-order valence-electron chi connectivity index (χ1n) is 6.56. The zero-order valence-corrected chi connectivity index (χ0v) is 13.6. The van der Waals surface area contributed by atoms with Gasteiger partial charge < -0.3 is 20.5 Å². The summed E-state index contributed by atoms with van der Waals surface area (Å²) in [6.07, 6.45) is 0.917. The Balaban J connectivity index is 2.61. The highest BCUT2D eigenvalue weighted by Crippen LogP contribution is 2.35. The van der Waals surface area contributed by atoms with E-state index in [1.807, 2.05) is 13.8 Å². The molecule has 6 heteroatoms. The van der Waals surface area contributed by atoms with Gasteiger partial charge in [0, 0.05) is 13.1 Å². The first-order valence-corrected chi connectivity index (χ1v) is 7.35. The van der Waals surface area contributed by atoms with Crippen LogP contribution in [0.1, 0.15) is 25.8 Å². The van der Waals surface area contributed by atoms with E-state index in [4.69, 9.17) is 4.74 Å². The van der Waals surface area contributed by atoms with Crippen LogP contribution < -0.4 is 15.4 Å². The van der Waals surface area contributed by atoms with Crippen molar-refractivity contribution in [3.63, 3.8) is 0 Å². The van der Waals surface area contributed by atoms with Crippen molar-refractivity contribution in [2.24, 2.45) is 0 Å². The fraction of sp³-hybridized carbons (Fsp3) is 0.500. The Morgan fingerprint density at radius 3 is 2.80 bits per heavy atom. The van der Waals surface area contributed by atoms with E-state index in [1.54, 1.807) is 12.1 Å². The van der Waals surface area contributed by atoms with Crippen LogP contribution in [0.5, 0.6) is 11.5 Å². The van der Waals surface area contributed by atoms with Gasteiger partial charge in [0.2, 0.25) is 5.91 Å². The Hall–Kier alpha value is -1.27. The topological polar surface area (TPSA) is 70.6 Å². The Morgan fingerprint density at radius 1 is 1.50 bits per heavy atom. The summed E-state index contributed by atoms with van der Waals surface area (Å²) in [7, 11) is 1.50. The molecule has 0 aromatic heterocycles. The van der Waals surface area contributed by atoms with E-state index < -0.39 is 0 Å². The standard InChI is InChI=1S/C14H21BrN2O3/c1-4-5-16-14(19)9(2)17-8-10-6-11(15)13(18)12(7-10)20-3/h6-7,9,17-18H,4-5,8H2,1-3H3,(H,16,19). The van der Waals surface area contributed by atoms with Gasteiger partial charge in [0.15, 0.2) is 11.5 Å². The van der Waals surface area contributed by atoms with Gasteiger partial charge in [-0.1, -0.05) is 6.92 Å². The first-order chi connectivity index (χ1) is 9.49. The molecule has 0 fully saturated rings. The largest absolute Gasteiger partial charge is 0.503 e. The zero-order chi connectivity index (χ0) is 15.1. The number of halogens is 1. The van der Waals surface area contributed by atoms with E-state index in [0.29, 0.717) is 23.3 Å². The molecule has 112 valence electrons. The lowest BCUT2D eigenvalue weighted by Crippen LogP contribution is -2.42. The Bertz CT molecular complexity index is 466. The van der Waals surface area contributed by atoms with E-state index in [2.05, 4.69) is 26.6 Å². The molecule has 1 aromatic carbocycles. The van der Waals surface area contributed by atoms with E-state index in [9.17, 15) is 9.90 Å². The second-order valence-electron chi connectivity index (χ2n) is 4.52. The van der Waals surface area contributed by atoms with Gasteiger partial charge in [-0.15, -0.1) is 0 Å². The van der Waals surface area contributed by atoms with Gasteiger partial charge >= 0.3 is 0 Å². The number of hydrogen-bond acceptors (Lipinski definition) is 4. The van der Waals surface area contributed by atoms with E-state index >= 15 is 0 Å². The minimum atomic E-state index is -0.278. The fourth-order valence-corrected chi connectivity index (χ4v) is 2.14. The van der Waals surface area contributed by atoms with Gasteiger partial charge in [0.05, 0.1) is 17.6 Å². The normalized spacial score (nSPS) is 12.0. The van der Waals surface area contributed by atoms with Gasteiger partial charge in [-0.3, -0.25) is 4.79 Å². The molecule has 1 amide bonds. The molecule has 0 saturated carbocycles. The molecule has 5 nitrogen and oxygen atoms in total. The molecule has 0 aliphatic heterocycles. The lowest BCUT2D eigenvalue weighted by atomic mass is 10.2. The summed E-state index contributed by atoms with van der Waals surface area (Å²) >= 11 is 3.27. The maximum atomic E-state index is 11.7. The highest BCUT2D eigenvalue weighted by molar-refractivity contribution is 9.10. The molecule has 1 aromatic rings. The summed E-state index contributed by atoms with van der Waals surface area (Å²) in [5, 5.41) is 15.7. The predicted molar refractivity (Wildman–Crippen MR) is 82.0 cm³/mol. The van der Waals surface area contributed by atoms with Crippen molar-refractivity contribution >= 4 is 21.8 Å². The maximum Gasteiger partial charge on any atom is 0.236 e. The van der Waals surface area contributed by atoms with Gasteiger partial charge in [0.25, 0.3) is 0 Å². The molecule has 0 heterocycles. The second-order valence-corrected chi connectivity index (χ2v) is 5.38. The Morgan fingerprint density at radius 2 is 2.20 bits per heavy atom. The monoisotopic (exact) mass is 344 g/mol. The van der Waals surface area contributed by atoms with Gasteiger partial charge in [-0.2, -0.15) is 0 Å². The molecule has 0 radical (unpaired) electrons.